The van der Waals surface area contributed by atoms with Gasteiger partial charge in [-0.05, 0) is 12.1 Å². The molecule has 29 heavy (non-hydrogen) atoms. The predicted octanol–water partition coefficient (Wildman–Crippen LogP) is 4.27. The smallest absolute Gasteiger partial charge is 0.149 e. The number of anilines is 2. The van der Waals surface area contributed by atoms with Gasteiger partial charge in [-0.2, -0.15) is 12.1 Å². The summed E-state index contributed by atoms with van der Waals surface area (Å²) in [7, 11) is 1.77. The number of fused-ring (bicyclic) bond motifs is 1. The van der Waals surface area contributed by atoms with E-state index in [-0.39, 0.29) is 23.6 Å². The quantitative estimate of drug-likeness (QED) is 0.759. The molecule has 9 heteroatoms. The van der Waals surface area contributed by atoms with E-state index in [9.17, 15) is 8.78 Å². The Morgan fingerprint density at radius 2 is 2.21 bits per heavy atom. The fraction of sp³-hybridized carbons (Fsp3) is 0.400. The maximum Gasteiger partial charge on any atom is 0.149 e. The first kappa shape index (κ1) is 19.8. The van der Waals surface area contributed by atoms with Crippen molar-refractivity contribution in [1.29, 1.82) is 0 Å². The predicted molar refractivity (Wildman–Crippen MR) is 112 cm³/mol. The second-order valence-corrected chi connectivity index (χ2v) is 7.44. The van der Waals surface area contributed by atoms with Crippen molar-refractivity contribution in [2.24, 2.45) is 0 Å². The second-order valence-electron chi connectivity index (χ2n) is 7.07. The van der Waals surface area contributed by atoms with E-state index in [2.05, 4.69) is 20.7 Å². The van der Waals surface area contributed by atoms with Crippen LogP contribution in [0.25, 0.3) is 16.4 Å². The molecule has 0 aromatic carbocycles. The first-order valence-corrected chi connectivity index (χ1v) is 9.90. The highest BCUT2D eigenvalue weighted by Gasteiger charge is 2.27. The molecule has 1 atom stereocenters. The molecule has 3 heterocycles. The Morgan fingerprint density at radius 1 is 1.34 bits per heavy atom. The Balaban J connectivity index is 1.61. The van der Waals surface area contributed by atoms with Crippen molar-refractivity contribution in [1.82, 2.24) is 14.8 Å². The van der Waals surface area contributed by atoms with Crippen molar-refractivity contribution in [3.8, 4) is 11.1 Å². The Bertz CT molecular complexity index is 954. The number of halogens is 3. The second kappa shape index (κ2) is 8.51. The molecule has 1 unspecified atom stereocenters. The minimum atomic E-state index is -1.28. The molecule has 2 aromatic heterocycles. The van der Waals surface area contributed by atoms with Crippen LogP contribution in [0.3, 0.4) is 0 Å². The van der Waals surface area contributed by atoms with Crippen LogP contribution in [0.4, 0.5) is 20.3 Å². The van der Waals surface area contributed by atoms with Crippen molar-refractivity contribution < 1.29 is 8.78 Å². The average molecular weight is 420 g/mol. The average Bonchev–Trinajstić information content (AvgIpc) is 3.21. The van der Waals surface area contributed by atoms with Gasteiger partial charge in [-0.1, -0.05) is 11.6 Å². The Morgan fingerprint density at radius 3 is 3.03 bits per heavy atom. The molecule has 0 bridgehead atoms. The van der Waals surface area contributed by atoms with E-state index >= 15 is 0 Å². The molecule has 0 saturated heterocycles. The highest BCUT2D eigenvalue weighted by atomic mass is 35.5. The van der Waals surface area contributed by atoms with Crippen LogP contribution in [-0.2, 0) is 6.54 Å². The molecule has 154 valence electrons. The fourth-order valence-corrected chi connectivity index (χ4v) is 3.78. The molecule has 1 N–H and O–H groups in total. The zero-order valence-electron chi connectivity index (χ0n) is 16.1. The number of pyridine rings is 1. The number of alkyl halides is 1. The van der Waals surface area contributed by atoms with Gasteiger partial charge in [0, 0.05) is 61.7 Å². The van der Waals surface area contributed by atoms with E-state index in [1.54, 1.807) is 19.4 Å². The van der Waals surface area contributed by atoms with E-state index < -0.39 is 12.0 Å². The summed E-state index contributed by atoms with van der Waals surface area (Å²) < 4.78 is 30.1. The van der Waals surface area contributed by atoms with Gasteiger partial charge in [-0.3, -0.25) is 4.68 Å². The van der Waals surface area contributed by atoms with Crippen LogP contribution in [0.15, 0.2) is 47.2 Å². The van der Waals surface area contributed by atoms with Crippen molar-refractivity contribution in [2.75, 3.05) is 43.4 Å². The first-order chi connectivity index (χ1) is 14.1. The zero-order valence-corrected chi connectivity index (χ0v) is 16.8. The largest absolute Gasteiger partial charge is 0.664 e. The maximum atomic E-state index is 14.4. The van der Waals surface area contributed by atoms with Gasteiger partial charge >= 0.3 is 0 Å². The minimum Gasteiger partial charge on any atom is -0.664 e. The summed E-state index contributed by atoms with van der Waals surface area (Å²) in [5.74, 6) is 0.167. The number of hydrogen-bond acceptors (Lipinski definition) is 4. The third kappa shape index (κ3) is 4.13. The van der Waals surface area contributed by atoms with Gasteiger partial charge in [0.25, 0.3) is 0 Å². The van der Waals surface area contributed by atoms with Crippen LogP contribution in [0.5, 0.6) is 0 Å². The number of rotatable bonds is 6. The third-order valence-electron chi connectivity index (χ3n) is 5.14. The normalized spacial score (nSPS) is 19.1. The van der Waals surface area contributed by atoms with Gasteiger partial charge in [0.2, 0.25) is 0 Å². The van der Waals surface area contributed by atoms with Gasteiger partial charge in [0.15, 0.2) is 0 Å². The molecule has 0 radical (unpaired) electrons. The zero-order chi connectivity index (χ0) is 20.4. The molecule has 1 aliphatic carbocycles. The van der Waals surface area contributed by atoms with E-state index in [0.29, 0.717) is 26.2 Å². The topological polar surface area (TPSA) is 60.1 Å². The summed E-state index contributed by atoms with van der Waals surface area (Å²) in [4.78, 5) is 6.52. The lowest BCUT2D eigenvalue weighted by atomic mass is 10.0. The molecule has 4 rings (SSSR count). The summed E-state index contributed by atoms with van der Waals surface area (Å²) >= 11 is 6.07. The standard InChI is InChI=1S/C20H22ClF2N6/c1-24-4-7-29-11-14(10-27-29)13-8-18-20(26-9-13)25-5-6-28(18)12-15-16(22)2-3-17(23)19(15)21/h3,8-11,16H,2,4-7,12H2,1H3,(H,25,26)/q-1. The Labute approximate surface area is 173 Å². The number of likely N-dealkylation sites (N-methyl/N-ethyl adjacent to an activating group) is 1. The van der Waals surface area contributed by atoms with E-state index in [1.807, 2.05) is 21.8 Å². The molecule has 2 aliphatic rings. The number of allylic oxidation sites excluding steroid dienone is 3. The summed E-state index contributed by atoms with van der Waals surface area (Å²) in [5, 5.41) is 11.6. The summed E-state index contributed by atoms with van der Waals surface area (Å²) in [5.41, 5.74) is 2.96. The summed E-state index contributed by atoms with van der Waals surface area (Å²) in [6.45, 7) is 2.94. The van der Waals surface area contributed by atoms with Gasteiger partial charge < -0.3 is 15.5 Å². The van der Waals surface area contributed by atoms with Gasteiger partial charge in [0.1, 0.15) is 17.8 Å². The van der Waals surface area contributed by atoms with E-state index in [0.717, 1.165) is 22.6 Å². The lowest BCUT2D eigenvalue weighted by molar-refractivity contribution is 0.370. The molecular weight excluding hydrogens is 398 g/mol. The lowest BCUT2D eigenvalue weighted by Crippen LogP contribution is -2.37. The molecule has 0 amide bonds. The van der Waals surface area contributed by atoms with Crippen LogP contribution < -0.4 is 10.2 Å². The number of aromatic nitrogens is 3. The molecule has 0 saturated carbocycles. The maximum absolute atomic E-state index is 14.4. The van der Waals surface area contributed by atoms with Crippen LogP contribution in [0.2, 0.25) is 0 Å². The van der Waals surface area contributed by atoms with Crippen molar-refractivity contribution >= 4 is 23.1 Å². The number of nitrogens with zero attached hydrogens (tertiary/aromatic N) is 5. The van der Waals surface area contributed by atoms with Crippen LogP contribution in [0.1, 0.15) is 6.42 Å². The highest BCUT2D eigenvalue weighted by Crippen LogP contribution is 2.36. The fourth-order valence-electron chi connectivity index (χ4n) is 3.52. The highest BCUT2D eigenvalue weighted by molar-refractivity contribution is 6.32. The van der Waals surface area contributed by atoms with Crippen LogP contribution >= 0.6 is 11.6 Å². The molecule has 6 nitrogen and oxygen atoms in total. The Hall–Kier alpha value is -2.45. The monoisotopic (exact) mass is 419 g/mol. The SMILES string of the molecule is C[N-]CCn1cc(-c2cnc3c(c2)N(CC2=C(Cl)C(F)=CCC2F)CCN3)cn1. The lowest BCUT2D eigenvalue weighted by Gasteiger charge is -2.33. The summed E-state index contributed by atoms with van der Waals surface area (Å²) in [6, 6.07) is 2.00. The van der Waals surface area contributed by atoms with Crippen LogP contribution in [0, 0.1) is 0 Å². The number of nitrogens with one attached hydrogen (secondary N) is 1. The summed E-state index contributed by atoms with van der Waals surface area (Å²) in [6.07, 6.45) is 5.46. The first-order valence-electron chi connectivity index (χ1n) is 9.52. The third-order valence-corrected chi connectivity index (χ3v) is 5.56. The Kier molecular flexibility index (Phi) is 5.82. The van der Waals surface area contributed by atoms with Gasteiger partial charge in [-0.15, -0.1) is 6.54 Å². The van der Waals surface area contributed by atoms with Gasteiger partial charge in [0.05, 0.1) is 16.9 Å². The van der Waals surface area contributed by atoms with Gasteiger partial charge in [-0.25, -0.2) is 13.8 Å². The van der Waals surface area contributed by atoms with Crippen molar-refractivity contribution in [3.63, 3.8) is 0 Å². The van der Waals surface area contributed by atoms with Crippen molar-refractivity contribution in [2.45, 2.75) is 19.1 Å². The van der Waals surface area contributed by atoms with E-state index in [1.165, 1.54) is 6.08 Å². The molecule has 2 aromatic rings. The van der Waals surface area contributed by atoms with Crippen molar-refractivity contribution in [3.05, 3.63) is 52.5 Å². The molecular formula is C20H22ClF2N6-. The molecule has 0 fully saturated rings. The van der Waals surface area contributed by atoms with E-state index in [4.69, 9.17) is 11.6 Å². The molecule has 1 aliphatic heterocycles. The number of hydrogen-bond donors (Lipinski definition) is 1. The molecule has 0 spiro atoms. The van der Waals surface area contributed by atoms with Crippen LogP contribution in [-0.4, -0.2) is 54.2 Å². The minimum absolute atomic E-state index is 0.0118.